The molecule has 4 heteroatoms. The van der Waals surface area contributed by atoms with Crippen molar-refractivity contribution in [2.24, 2.45) is 0 Å². The first-order chi connectivity index (χ1) is 7.04. The Labute approximate surface area is 89.0 Å². The van der Waals surface area contributed by atoms with Gasteiger partial charge in [0.2, 0.25) is 5.88 Å². The molecule has 0 saturated carbocycles. The van der Waals surface area contributed by atoms with Gasteiger partial charge in [0.15, 0.2) is 0 Å². The maximum Gasteiger partial charge on any atom is 0.233 e. The number of rotatable bonds is 3. The van der Waals surface area contributed by atoms with Crippen LogP contribution in [0.4, 0.5) is 4.39 Å². The first-order valence-corrected chi connectivity index (χ1v) is 4.76. The summed E-state index contributed by atoms with van der Waals surface area (Å²) in [5.41, 5.74) is 0.876. The van der Waals surface area contributed by atoms with E-state index >= 15 is 0 Å². The molecule has 0 aliphatic heterocycles. The standard InChI is InChI=1S/C11H15FN2O/c1-11(2,3)9-5-6-10(14-13-9)15-8-4-7-12/h4-7H,8H2,1-3H3/b7-4-. The molecule has 0 spiro atoms. The van der Waals surface area contributed by atoms with Gasteiger partial charge in [-0.2, -0.15) is 5.10 Å². The Morgan fingerprint density at radius 3 is 2.53 bits per heavy atom. The molecule has 0 aromatic carbocycles. The van der Waals surface area contributed by atoms with E-state index in [1.165, 1.54) is 6.08 Å². The van der Waals surface area contributed by atoms with Crippen molar-refractivity contribution in [2.45, 2.75) is 26.2 Å². The van der Waals surface area contributed by atoms with Gasteiger partial charge in [0.05, 0.1) is 12.0 Å². The Balaban J connectivity index is 2.64. The summed E-state index contributed by atoms with van der Waals surface area (Å²) in [4.78, 5) is 0. The molecule has 1 aromatic rings. The molecule has 3 nitrogen and oxygen atoms in total. The van der Waals surface area contributed by atoms with Crippen LogP contribution < -0.4 is 4.74 Å². The van der Waals surface area contributed by atoms with Gasteiger partial charge in [-0.3, -0.25) is 0 Å². The zero-order chi connectivity index (χ0) is 11.3. The third kappa shape index (κ3) is 3.65. The van der Waals surface area contributed by atoms with E-state index in [2.05, 4.69) is 31.0 Å². The fourth-order valence-corrected chi connectivity index (χ4v) is 0.967. The molecular weight excluding hydrogens is 195 g/mol. The summed E-state index contributed by atoms with van der Waals surface area (Å²) in [7, 11) is 0. The monoisotopic (exact) mass is 210 g/mol. The molecule has 0 fully saturated rings. The summed E-state index contributed by atoms with van der Waals surface area (Å²) in [6.45, 7) is 6.34. The second-order valence-corrected chi connectivity index (χ2v) is 4.18. The summed E-state index contributed by atoms with van der Waals surface area (Å²) in [5, 5.41) is 7.92. The largest absolute Gasteiger partial charge is 0.472 e. The van der Waals surface area contributed by atoms with Crippen LogP contribution in [0.25, 0.3) is 0 Å². The molecule has 0 radical (unpaired) electrons. The highest BCUT2D eigenvalue weighted by molar-refractivity contribution is 5.17. The van der Waals surface area contributed by atoms with Gasteiger partial charge in [-0.15, -0.1) is 5.10 Å². The smallest absolute Gasteiger partial charge is 0.233 e. The van der Waals surface area contributed by atoms with Gasteiger partial charge < -0.3 is 4.74 Å². The minimum Gasteiger partial charge on any atom is -0.472 e. The van der Waals surface area contributed by atoms with Crippen molar-refractivity contribution >= 4 is 0 Å². The molecule has 82 valence electrons. The van der Waals surface area contributed by atoms with E-state index in [9.17, 15) is 4.39 Å². The summed E-state index contributed by atoms with van der Waals surface area (Å²) in [5.74, 6) is 0.404. The molecule has 1 heterocycles. The fourth-order valence-electron chi connectivity index (χ4n) is 0.967. The second-order valence-electron chi connectivity index (χ2n) is 4.18. The van der Waals surface area contributed by atoms with Crippen molar-refractivity contribution in [3.8, 4) is 5.88 Å². The summed E-state index contributed by atoms with van der Waals surface area (Å²) in [6.07, 6.45) is 1.70. The van der Waals surface area contributed by atoms with Gasteiger partial charge in [-0.25, -0.2) is 4.39 Å². The summed E-state index contributed by atoms with van der Waals surface area (Å²) in [6, 6.07) is 3.60. The van der Waals surface area contributed by atoms with E-state index in [0.717, 1.165) is 5.69 Å². The van der Waals surface area contributed by atoms with Crippen LogP contribution in [-0.4, -0.2) is 16.8 Å². The molecule has 0 amide bonds. The van der Waals surface area contributed by atoms with Crippen LogP contribution in [0.5, 0.6) is 5.88 Å². The number of ether oxygens (including phenoxy) is 1. The Hall–Kier alpha value is -1.45. The van der Waals surface area contributed by atoms with Crippen LogP contribution in [0.15, 0.2) is 24.5 Å². The molecule has 15 heavy (non-hydrogen) atoms. The maximum absolute atomic E-state index is 11.6. The van der Waals surface area contributed by atoms with E-state index in [1.807, 2.05) is 6.07 Å². The first kappa shape index (κ1) is 11.6. The molecule has 0 saturated heterocycles. The van der Waals surface area contributed by atoms with Crippen molar-refractivity contribution in [1.82, 2.24) is 10.2 Å². The average Bonchev–Trinajstić information content (AvgIpc) is 2.18. The predicted molar refractivity (Wildman–Crippen MR) is 56.5 cm³/mol. The lowest BCUT2D eigenvalue weighted by molar-refractivity contribution is 0.340. The highest BCUT2D eigenvalue weighted by atomic mass is 19.1. The van der Waals surface area contributed by atoms with Crippen LogP contribution >= 0.6 is 0 Å². The van der Waals surface area contributed by atoms with Crippen LogP contribution in [0.1, 0.15) is 26.5 Å². The topological polar surface area (TPSA) is 35.0 Å². The van der Waals surface area contributed by atoms with E-state index in [4.69, 9.17) is 4.74 Å². The molecular formula is C11H15FN2O. The Kier molecular flexibility index (Phi) is 3.77. The zero-order valence-corrected chi connectivity index (χ0v) is 9.20. The van der Waals surface area contributed by atoms with Crippen molar-refractivity contribution in [2.75, 3.05) is 6.61 Å². The highest BCUT2D eigenvalue weighted by Crippen LogP contribution is 2.19. The van der Waals surface area contributed by atoms with Crippen molar-refractivity contribution in [3.63, 3.8) is 0 Å². The van der Waals surface area contributed by atoms with Crippen molar-refractivity contribution < 1.29 is 9.13 Å². The summed E-state index contributed by atoms with van der Waals surface area (Å²) >= 11 is 0. The van der Waals surface area contributed by atoms with Gasteiger partial charge in [0, 0.05) is 11.5 Å². The van der Waals surface area contributed by atoms with Gasteiger partial charge in [-0.1, -0.05) is 20.8 Å². The average molecular weight is 210 g/mol. The van der Waals surface area contributed by atoms with Gasteiger partial charge >= 0.3 is 0 Å². The number of aromatic nitrogens is 2. The van der Waals surface area contributed by atoms with E-state index in [-0.39, 0.29) is 12.0 Å². The number of nitrogens with zero attached hydrogens (tertiary/aromatic N) is 2. The van der Waals surface area contributed by atoms with Crippen molar-refractivity contribution in [1.29, 1.82) is 0 Å². The Morgan fingerprint density at radius 1 is 1.33 bits per heavy atom. The minimum absolute atomic E-state index is 0.0234. The minimum atomic E-state index is -0.0234. The van der Waals surface area contributed by atoms with E-state index in [0.29, 0.717) is 12.2 Å². The summed E-state index contributed by atoms with van der Waals surface area (Å²) < 4.78 is 16.7. The molecule has 0 bridgehead atoms. The van der Waals surface area contributed by atoms with E-state index < -0.39 is 0 Å². The van der Waals surface area contributed by atoms with Gasteiger partial charge in [0.1, 0.15) is 6.61 Å². The van der Waals surface area contributed by atoms with Gasteiger partial charge in [0.25, 0.3) is 0 Å². The van der Waals surface area contributed by atoms with Gasteiger partial charge in [-0.05, 0) is 12.1 Å². The predicted octanol–water partition coefficient (Wildman–Crippen LogP) is 2.64. The molecule has 0 unspecified atom stereocenters. The third-order valence-corrected chi connectivity index (χ3v) is 1.83. The maximum atomic E-state index is 11.6. The first-order valence-electron chi connectivity index (χ1n) is 4.76. The quantitative estimate of drug-likeness (QED) is 0.769. The SMILES string of the molecule is CC(C)(C)c1ccc(OC/C=C\F)nn1. The molecule has 0 aliphatic rings. The van der Waals surface area contributed by atoms with Crippen LogP contribution in [0, 0.1) is 0 Å². The van der Waals surface area contributed by atoms with Crippen LogP contribution in [-0.2, 0) is 5.41 Å². The highest BCUT2D eigenvalue weighted by Gasteiger charge is 2.15. The second kappa shape index (κ2) is 4.87. The lowest BCUT2D eigenvalue weighted by Crippen LogP contribution is -2.14. The van der Waals surface area contributed by atoms with E-state index in [1.54, 1.807) is 6.07 Å². The van der Waals surface area contributed by atoms with Crippen LogP contribution in [0.2, 0.25) is 0 Å². The Morgan fingerprint density at radius 2 is 2.07 bits per heavy atom. The fraction of sp³-hybridized carbons (Fsp3) is 0.455. The Bertz CT molecular complexity index is 327. The molecule has 1 aromatic heterocycles. The van der Waals surface area contributed by atoms with Crippen molar-refractivity contribution in [3.05, 3.63) is 30.2 Å². The normalized spacial score (nSPS) is 12.0. The number of hydrogen-bond acceptors (Lipinski definition) is 3. The molecule has 1 rings (SSSR count). The molecule has 0 aliphatic carbocycles. The lowest BCUT2D eigenvalue weighted by Gasteiger charge is -2.16. The lowest BCUT2D eigenvalue weighted by atomic mass is 9.92. The molecule has 0 N–H and O–H groups in total. The third-order valence-electron chi connectivity index (χ3n) is 1.83. The zero-order valence-electron chi connectivity index (χ0n) is 9.20. The van der Waals surface area contributed by atoms with Crippen LogP contribution in [0.3, 0.4) is 0 Å². The number of hydrogen-bond donors (Lipinski definition) is 0. The number of halogens is 1. The molecule has 0 atom stereocenters.